The lowest BCUT2D eigenvalue weighted by molar-refractivity contribution is -0.117. The number of hydrogen-bond acceptors (Lipinski definition) is 5. The Balaban J connectivity index is 1.59. The van der Waals surface area contributed by atoms with Crippen LogP contribution in [0.25, 0.3) is 11.3 Å². The Hall–Kier alpha value is -3.06. The molecule has 0 aliphatic carbocycles. The Morgan fingerprint density at radius 3 is 2.41 bits per heavy atom. The molecule has 0 spiro atoms. The zero-order valence-corrected chi connectivity index (χ0v) is 15.1. The monoisotopic (exact) mass is 381 g/mol. The maximum atomic E-state index is 12.1. The van der Waals surface area contributed by atoms with Gasteiger partial charge >= 0.3 is 0 Å². The topological polar surface area (TPSA) is 81.0 Å². The largest absolute Gasteiger partial charge is 0.281 e. The van der Waals surface area contributed by atoms with Crippen molar-refractivity contribution in [1.82, 2.24) is 19.7 Å². The molecular formula is C19H16ClN5O2. The van der Waals surface area contributed by atoms with Crippen molar-refractivity contribution in [1.29, 1.82) is 0 Å². The van der Waals surface area contributed by atoms with E-state index in [2.05, 4.69) is 15.1 Å². The van der Waals surface area contributed by atoms with Gasteiger partial charge in [-0.05, 0) is 30.2 Å². The van der Waals surface area contributed by atoms with Crippen molar-refractivity contribution in [2.75, 3.05) is 11.4 Å². The van der Waals surface area contributed by atoms with Crippen LogP contribution >= 0.6 is 11.6 Å². The van der Waals surface area contributed by atoms with E-state index in [0.717, 1.165) is 12.0 Å². The predicted octanol–water partition coefficient (Wildman–Crippen LogP) is 2.53. The molecule has 1 aliphatic rings. The second kappa shape index (κ2) is 7.28. The molecule has 0 N–H and O–H groups in total. The maximum Gasteiger partial charge on any atom is 0.267 e. The standard InChI is InChI=1S/C19H16ClN5O2/c20-15-5-3-13(4-6-15)12-25-18(27)8-7-16(23-25)14-10-21-19(22-11-14)24-9-1-2-17(24)26/h3-8,10-11H,1-2,9,12H2. The van der Waals surface area contributed by atoms with Crippen LogP contribution in [0.3, 0.4) is 0 Å². The Kier molecular flexibility index (Phi) is 4.68. The highest BCUT2D eigenvalue weighted by Crippen LogP contribution is 2.19. The fourth-order valence-corrected chi connectivity index (χ4v) is 3.06. The van der Waals surface area contributed by atoms with Gasteiger partial charge in [0.25, 0.3) is 5.56 Å². The zero-order valence-electron chi connectivity index (χ0n) is 14.4. The van der Waals surface area contributed by atoms with Gasteiger partial charge in [-0.15, -0.1) is 0 Å². The molecule has 0 saturated carbocycles. The van der Waals surface area contributed by atoms with E-state index in [4.69, 9.17) is 11.6 Å². The summed E-state index contributed by atoms with van der Waals surface area (Å²) >= 11 is 5.90. The SMILES string of the molecule is O=C1CCCN1c1ncc(-c2ccc(=O)n(Cc3ccc(Cl)cc3)n2)cn1. The molecule has 2 aromatic heterocycles. The van der Waals surface area contributed by atoms with E-state index in [0.29, 0.717) is 41.7 Å². The summed E-state index contributed by atoms with van der Waals surface area (Å²) in [6.07, 6.45) is 4.59. The first-order valence-corrected chi connectivity index (χ1v) is 8.93. The molecule has 7 nitrogen and oxygen atoms in total. The summed E-state index contributed by atoms with van der Waals surface area (Å²) in [4.78, 5) is 34.1. The normalized spacial score (nSPS) is 14.0. The zero-order chi connectivity index (χ0) is 18.8. The molecule has 1 aliphatic heterocycles. The summed E-state index contributed by atoms with van der Waals surface area (Å²) in [6.45, 7) is 0.980. The van der Waals surface area contributed by atoms with Gasteiger partial charge in [-0.3, -0.25) is 14.5 Å². The summed E-state index contributed by atoms with van der Waals surface area (Å²) in [5.41, 5.74) is 1.98. The lowest BCUT2D eigenvalue weighted by Crippen LogP contribution is -2.25. The molecule has 1 fully saturated rings. The van der Waals surface area contributed by atoms with Gasteiger partial charge in [-0.25, -0.2) is 14.6 Å². The number of anilines is 1. The molecule has 0 unspecified atom stereocenters. The molecular weight excluding hydrogens is 366 g/mol. The maximum absolute atomic E-state index is 12.1. The third kappa shape index (κ3) is 3.73. The van der Waals surface area contributed by atoms with Gasteiger partial charge in [0.15, 0.2) is 0 Å². The molecule has 1 amide bonds. The third-order valence-electron chi connectivity index (χ3n) is 4.36. The Morgan fingerprint density at radius 2 is 1.74 bits per heavy atom. The predicted molar refractivity (Wildman–Crippen MR) is 102 cm³/mol. The van der Waals surface area contributed by atoms with Crippen molar-refractivity contribution < 1.29 is 4.79 Å². The Labute approximate surface area is 160 Å². The first-order chi connectivity index (χ1) is 13.1. The summed E-state index contributed by atoms with van der Waals surface area (Å²) < 4.78 is 1.39. The van der Waals surface area contributed by atoms with Crippen LogP contribution in [0.5, 0.6) is 0 Å². The van der Waals surface area contributed by atoms with Gasteiger partial charge in [0.05, 0.1) is 12.2 Å². The number of carbonyl (C=O) groups excluding carboxylic acids is 1. The van der Waals surface area contributed by atoms with Crippen LogP contribution in [-0.2, 0) is 11.3 Å². The molecule has 1 aromatic carbocycles. The highest BCUT2D eigenvalue weighted by atomic mass is 35.5. The second-order valence-corrected chi connectivity index (χ2v) is 6.70. The van der Waals surface area contributed by atoms with Crippen molar-refractivity contribution in [2.24, 2.45) is 0 Å². The molecule has 0 radical (unpaired) electrons. The van der Waals surface area contributed by atoms with Crippen LogP contribution in [0.2, 0.25) is 5.02 Å². The van der Waals surface area contributed by atoms with Crippen LogP contribution in [0.4, 0.5) is 5.95 Å². The van der Waals surface area contributed by atoms with Crippen LogP contribution in [-0.4, -0.2) is 32.2 Å². The third-order valence-corrected chi connectivity index (χ3v) is 4.61. The molecule has 1 saturated heterocycles. The van der Waals surface area contributed by atoms with E-state index in [-0.39, 0.29) is 11.5 Å². The minimum Gasteiger partial charge on any atom is -0.281 e. The van der Waals surface area contributed by atoms with Crippen LogP contribution in [0, 0.1) is 0 Å². The minimum absolute atomic E-state index is 0.0392. The van der Waals surface area contributed by atoms with Crippen LogP contribution in [0.15, 0.2) is 53.6 Å². The van der Waals surface area contributed by atoms with Gasteiger partial charge in [0.1, 0.15) is 0 Å². The van der Waals surface area contributed by atoms with E-state index >= 15 is 0 Å². The smallest absolute Gasteiger partial charge is 0.267 e. The number of aromatic nitrogens is 4. The van der Waals surface area contributed by atoms with Gasteiger partial charge in [-0.1, -0.05) is 23.7 Å². The Morgan fingerprint density at radius 1 is 1.00 bits per heavy atom. The lowest BCUT2D eigenvalue weighted by atomic mass is 10.2. The number of rotatable bonds is 4. The second-order valence-electron chi connectivity index (χ2n) is 6.26. The molecule has 0 bridgehead atoms. The van der Waals surface area contributed by atoms with Crippen LogP contribution < -0.4 is 10.5 Å². The number of halogens is 1. The fourth-order valence-electron chi connectivity index (χ4n) is 2.93. The van der Waals surface area contributed by atoms with Crippen molar-refractivity contribution in [2.45, 2.75) is 19.4 Å². The molecule has 136 valence electrons. The van der Waals surface area contributed by atoms with Gasteiger partial charge in [-0.2, -0.15) is 5.10 Å². The Bertz CT molecular complexity index is 1030. The molecule has 0 atom stereocenters. The molecule has 3 aromatic rings. The molecule has 8 heteroatoms. The average Bonchev–Trinajstić information content (AvgIpc) is 3.11. The van der Waals surface area contributed by atoms with Crippen molar-refractivity contribution in [3.63, 3.8) is 0 Å². The van der Waals surface area contributed by atoms with E-state index in [1.165, 1.54) is 10.7 Å². The summed E-state index contributed by atoms with van der Waals surface area (Å²) in [5, 5.41) is 5.05. The average molecular weight is 382 g/mol. The van der Waals surface area contributed by atoms with Crippen molar-refractivity contribution in [3.05, 3.63) is 69.7 Å². The number of carbonyl (C=O) groups is 1. The van der Waals surface area contributed by atoms with Gasteiger partial charge in [0.2, 0.25) is 11.9 Å². The quantitative estimate of drug-likeness (QED) is 0.693. The van der Waals surface area contributed by atoms with E-state index in [1.54, 1.807) is 35.5 Å². The van der Waals surface area contributed by atoms with Crippen molar-refractivity contribution in [3.8, 4) is 11.3 Å². The number of hydrogen-bond donors (Lipinski definition) is 0. The highest BCUT2D eigenvalue weighted by Gasteiger charge is 2.23. The first-order valence-electron chi connectivity index (χ1n) is 8.55. The minimum atomic E-state index is -0.200. The number of benzene rings is 1. The molecule has 4 rings (SSSR count). The molecule has 3 heterocycles. The van der Waals surface area contributed by atoms with E-state index < -0.39 is 0 Å². The van der Waals surface area contributed by atoms with Crippen LogP contribution in [0.1, 0.15) is 18.4 Å². The summed E-state index contributed by atoms with van der Waals surface area (Å²) in [7, 11) is 0. The number of nitrogens with zero attached hydrogens (tertiary/aromatic N) is 5. The summed E-state index contributed by atoms with van der Waals surface area (Å²) in [5.74, 6) is 0.438. The first kappa shape index (κ1) is 17.4. The fraction of sp³-hybridized carbons (Fsp3) is 0.211. The van der Waals surface area contributed by atoms with E-state index in [9.17, 15) is 9.59 Å². The highest BCUT2D eigenvalue weighted by molar-refractivity contribution is 6.30. The lowest BCUT2D eigenvalue weighted by Gasteiger charge is -2.13. The number of amides is 1. The van der Waals surface area contributed by atoms with Crippen molar-refractivity contribution >= 4 is 23.5 Å². The summed E-state index contributed by atoms with van der Waals surface area (Å²) in [6, 6.07) is 10.4. The van der Waals surface area contributed by atoms with Gasteiger partial charge < -0.3 is 0 Å². The van der Waals surface area contributed by atoms with E-state index in [1.807, 2.05) is 12.1 Å². The van der Waals surface area contributed by atoms with Gasteiger partial charge in [0, 0.05) is 42.0 Å². The molecule has 27 heavy (non-hydrogen) atoms.